The summed E-state index contributed by atoms with van der Waals surface area (Å²) in [5.74, 6) is 0.685. The lowest BCUT2D eigenvalue weighted by atomic mass is 9.86. The Morgan fingerprint density at radius 1 is 1.16 bits per heavy atom. The molecule has 0 bridgehead atoms. The summed E-state index contributed by atoms with van der Waals surface area (Å²) >= 11 is 0. The molecule has 0 radical (unpaired) electrons. The number of carbonyl (C=O) groups excluding carboxylic acids is 1. The summed E-state index contributed by atoms with van der Waals surface area (Å²) in [5, 5.41) is 0. The van der Waals surface area contributed by atoms with Gasteiger partial charge < -0.3 is 4.74 Å². The zero-order chi connectivity index (χ0) is 13.3. The van der Waals surface area contributed by atoms with E-state index in [1.54, 1.807) is 24.5 Å². The Morgan fingerprint density at radius 2 is 1.89 bits per heavy atom. The quantitative estimate of drug-likeness (QED) is 0.574. The first-order valence-corrected chi connectivity index (χ1v) is 7.43. The van der Waals surface area contributed by atoms with Gasteiger partial charge in [0.2, 0.25) is 0 Å². The van der Waals surface area contributed by atoms with Gasteiger partial charge >= 0.3 is 5.97 Å². The predicted octanol–water partition coefficient (Wildman–Crippen LogP) is 3.99. The molecular formula is C16H23NO2. The van der Waals surface area contributed by atoms with E-state index in [4.69, 9.17) is 4.74 Å². The molecule has 1 heterocycles. The fraction of sp³-hybridized carbons (Fsp3) is 0.625. The Labute approximate surface area is 115 Å². The van der Waals surface area contributed by atoms with Crippen molar-refractivity contribution in [2.45, 2.75) is 51.4 Å². The summed E-state index contributed by atoms with van der Waals surface area (Å²) in [5.41, 5.74) is 0.585. The zero-order valence-electron chi connectivity index (χ0n) is 11.5. The highest BCUT2D eigenvalue weighted by molar-refractivity contribution is 5.89. The topological polar surface area (TPSA) is 39.2 Å². The smallest absolute Gasteiger partial charge is 0.338 e. The molecule has 1 fully saturated rings. The number of carbonyl (C=O) groups is 1. The van der Waals surface area contributed by atoms with E-state index in [1.165, 1.54) is 44.9 Å². The molecule has 3 nitrogen and oxygen atoms in total. The zero-order valence-corrected chi connectivity index (χ0v) is 11.5. The molecule has 3 heteroatoms. The molecule has 1 saturated carbocycles. The van der Waals surface area contributed by atoms with Crippen LogP contribution in [0.3, 0.4) is 0 Å². The number of esters is 1. The molecule has 0 amide bonds. The Hall–Kier alpha value is -1.38. The van der Waals surface area contributed by atoms with E-state index in [1.807, 2.05) is 0 Å². The molecule has 0 saturated heterocycles. The highest BCUT2D eigenvalue weighted by atomic mass is 16.5. The van der Waals surface area contributed by atoms with Crippen LogP contribution in [0.25, 0.3) is 0 Å². The lowest BCUT2D eigenvalue weighted by molar-refractivity contribution is 0.0496. The lowest BCUT2D eigenvalue weighted by Gasteiger charge is -2.21. The number of rotatable bonds is 6. The number of ether oxygens (including phenoxy) is 1. The van der Waals surface area contributed by atoms with Crippen molar-refractivity contribution in [3.63, 3.8) is 0 Å². The molecule has 104 valence electrons. The monoisotopic (exact) mass is 261 g/mol. The number of unbranched alkanes of at least 4 members (excludes halogenated alkanes) is 1. The summed E-state index contributed by atoms with van der Waals surface area (Å²) in [7, 11) is 0. The minimum atomic E-state index is -0.236. The molecule has 19 heavy (non-hydrogen) atoms. The number of pyridine rings is 1. The van der Waals surface area contributed by atoms with Gasteiger partial charge in [0.1, 0.15) is 0 Å². The molecule has 0 atom stereocenters. The van der Waals surface area contributed by atoms with Gasteiger partial charge in [0.25, 0.3) is 0 Å². The van der Waals surface area contributed by atoms with Crippen molar-refractivity contribution in [2.75, 3.05) is 6.61 Å². The van der Waals surface area contributed by atoms with E-state index in [0.29, 0.717) is 12.2 Å². The maximum absolute atomic E-state index is 11.7. The predicted molar refractivity (Wildman–Crippen MR) is 74.9 cm³/mol. The van der Waals surface area contributed by atoms with Gasteiger partial charge in [-0.25, -0.2) is 4.79 Å². The second-order valence-corrected chi connectivity index (χ2v) is 5.37. The Morgan fingerprint density at radius 3 is 2.63 bits per heavy atom. The van der Waals surface area contributed by atoms with Crippen molar-refractivity contribution in [1.82, 2.24) is 4.98 Å². The lowest BCUT2D eigenvalue weighted by Crippen LogP contribution is -2.08. The Kier molecular flexibility index (Phi) is 5.86. The normalized spacial score (nSPS) is 16.2. The van der Waals surface area contributed by atoms with E-state index >= 15 is 0 Å². The highest BCUT2D eigenvalue weighted by Crippen LogP contribution is 2.27. The summed E-state index contributed by atoms with van der Waals surface area (Å²) in [4.78, 5) is 15.5. The standard InChI is InChI=1S/C16H23NO2/c18-16(15-9-11-17-12-10-15)19-13-5-4-8-14-6-2-1-3-7-14/h9-12,14H,1-8,13H2. The van der Waals surface area contributed by atoms with Crippen LogP contribution >= 0.6 is 0 Å². The van der Waals surface area contributed by atoms with Crippen LogP contribution in [0.15, 0.2) is 24.5 Å². The van der Waals surface area contributed by atoms with Crippen molar-refractivity contribution < 1.29 is 9.53 Å². The molecule has 1 aromatic heterocycles. The first-order chi connectivity index (χ1) is 9.36. The number of hydrogen-bond donors (Lipinski definition) is 0. The van der Waals surface area contributed by atoms with Crippen molar-refractivity contribution in [3.8, 4) is 0 Å². The number of aromatic nitrogens is 1. The summed E-state index contributed by atoms with van der Waals surface area (Å²) < 4.78 is 5.25. The van der Waals surface area contributed by atoms with Crippen molar-refractivity contribution in [3.05, 3.63) is 30.1 Å². The highest BCUT2D eigenvalue weighted by Gasteiger charge is 2.12. The van der Waals surface area contributed by atoms with Gasteiger partial charge in [0, 0.05) is 12.4 Å². The summed E-state index contributed by atoms with van der Waals surface area (Å²) in [6.07, 6.45) is 13.7. The first-order valence-electron chi connectivity index (χ1n) is 7.43. The number of nitrogens with zero attached hydrogens (tertiary/aromatic N) is 1. The van der Waals surface area contributed by atoms with E-state index in [0.717, 1.165) is 12.3 Å². The van der Waals surface area contributed by atoms with Crippen LogP contribution in [0.4, 0.5) is 0 Å². The van der Waals surface area contributed by atoms with E-state index in [2.05, 4.69) is 4.98 Å². The molecule has 0 unspecified atom stereocenters. The molecule has 0 N–H and O–H groups in total. The van der Waals surface area contributed by atoms with Crippen LogP contribution in [0.2, 0.25) is 0 Å². The average molecular weight is 261 g/mol. The van der Waals surface area contributed by atoms with Crippen LogP contribution in [-0.2, 0) is 4.74 Å². The van der Waals surface area contributed by atoms with Crippen molar-refractivity contribution >= 4 is 5.97 Å². The molecule has 1 aromatic rings. The van der Waals surface area contributed by atoms with Gasteiger partial charge in [-0.3, -0.25) is 4.98 Å². The van der Waals surface area contributed by atoms with Crippen LogP contribution < -0.4 is 0 Å². The van der Waals surface area contributed by atoms with Gasteiger partial charge in [-0.2, -0.15) is 0 Å². The second kappa shape index (κ2) is 7.93. The third-order valence-corrected chi connectivity index (χ3v) is 3.88. The van der Waals surface area contributed by atoms with Crippen LogP contribution in [0, 0.1) is 5.92 Å². The molecule has 1 aliphatic carbocycles. The largest absolute Gasteiger partial charge is 0.462 e. The Bertz CT molecular complexity index is 372. The van der Waals surface area contributed by atoms with Crippen LogP contribution in [0.5, 0.6) is 0 Å². The molecule has 0 spiro atoms. The fourth-order valence-electron chi connectivity index (χ4n) is 2.75. The van der Waals surface area contributed by atoms with Crippen molar-refractivity contribution in [1.29, 1.82) is 0 Å². The third-order valence-electron chi connectivity index (χ3n) is 3.88. The van der Waals surface area contributed by atoms with Gasteiger partial charge in [0.15, 0.2) is 0 Å². The van der Waals surface area contributed by atoms with Gasteiger partial charge in [-0.1, -0.05) is 38.5 Å². The van der Waals surface area contributed by atoms with E-state index < -0.39 is 0 Å². The van der Waals surface area contributed by atoms with Crippen molar-refractivity contribution in [2.24, 2.45) is 5.92 Å². The minimum Gasteiger partial charge on any atom is -0.462 e. The van der Waals surface area contributed by atoms with E-state index in [-0.39, 0.29) is 5.97 Å². The second-order valence-electron chi connectivity index (χ2n) is 5.37. The molecule has 0 aliphatic heterocycles. The molecule has 2 rings (SSSR count). The minimum absolute atomic E-state index is 0.236. The van der Waals surface area contributed by atoms with E-state index in [9.17, 15) is 4.79 Å². The number of hydrogen-bond acceptors (Lipinski definition) is 3. The maximum Gasteiger partial charge on any atom is 0.338 e. The fourth-order valence-corrected chi connectivity index (χ4v) is 2.75. The molecule has 0 aromatic carbocycles. The van der Waals surface area contributed by atoms with Gasteiger partial charge in [0.05, 0.1) is 12.2 Å². The van der Waals surface area contributed by atoms with Crippen LogP contribution in [0.1, 0.15) is 61.7 Å². The SMILES string of the molecule is O=C(OCCCCC1CCCCC1)c1ccncc1. The molecule has 1 aliphatic rings. The summed E-state index contributed by atoms with van der Waals surface area (Å²) in [6, 6.07) is 3.37. The summed E-state index contributed by atoms with van der Waals surface area (Å²) in [6.45, 7) is 0.536. The van der Waals surface area contributed by atoms with Crippen LogP contribution in [-0.4, -0.2) is 17.6 Å². The first kappa shape index (κ1) is 14.0. The van der Waals surface area contributed by atoms with Gasteiger partial charge in [-0.05, 0) is 30.9 Å². The third kappa shape index (κ3) is 5.01. The Balaban J connectivity index is 1.55. The average Bonchev–Trinajstić information content (AvgIpc) is 2.49. The van der Waals surface area contributed by atoms with Gasteiger partial charge in [-0.15, -0.1) is 0 Å². The molecular weight excluding hydrogens is 238 g/mol. The maximum atomic E-state index is 11.7.